The maximum atomic E-state index is 12.7. The first-order valence-corrected chi connectivity index (χ1v) is 11.1. The Morgan fingerprint density at radius 1 is 1.15 bits per heavy atom. The molecule has 0 unspecified atom stereocenters. The van der Waals surface area contributed by atoms with E-state index in [0.29, 0.717) is 24.7 Å². The highest BCUT2D eigenvalue weighted by Crippen LogP contribution is 2.26. The number of nitrogens with zero attached hydrogens (tertiary/aromatic N) is 2. The van der Waals surface area contributed by atoms with E-state index in [2.05, 4.69) is 11.9 Å². The van der Waals surface area contributed by atoms with Crippen LogP contribution in [-0.2, 0) is 15.6 Å². The third kappa shape index (κ3) is 4.81. The summed E-state index contributed by atoms with van der Waals surface area (Å²) in [6.45, 7) is 3.58. The van der Waals surface area contributed by atoms with E-state index in [9.17, 15) is 13.2 Å². The Bertz CT molecular complexity index is 955. The molecular weight excluding hydrogens is 407 g/mol. The van der Waals surface area contributed by atoms with Crippen LogP contribution in [0, 0.1) is 5.92 Å². The van der Waals surface area contributed by atoms with Gasteiger partial charge in [-0.25, -0.2) is 13.4 Å². The van der Waals surface area contributed by atoms with Crippen molar-refractivity contribution in [3.05, 3.63) is 57.8 Å². The van der Waals surface area contributed by atoms with E-state index in [1.54, 1.807) is 23.1 Å². The van der Waals surface area contributed by atoms with Crippen LogP contribution in [-0.4, -0.2) is 37.3 Å². The van der Waals surface area contributed by atoms with Crippen molar-refractivity contribution in [1.82, 2.24) is 9.88 Å². The van der Waals surface area contributed by atoms with E-state index in [1.807, 2.05) is 0 Å². The molecule has 1 fully saturated rings. The lowest BCUT2D eigenvalue weighted by atomic mass is 9.99. The van der Waals surface area contributed by atoms with E-state index < -0.39 is 9.84 Å². The average molecular weight is 427 g/mol. The van der Waals surface area contributed by atoms with Gasteiger partial charge >= 0.3 is 0 Å². The lowest BCUT2D eigenvalue weighted by molar-refractivity contribution is 0.0691. The SMILES string of the molecule is CC1CCN(C(=O)c2cccc(CS(=O)(=O)c3ccc(Cl)c(Cl)c3)n2)CC1. The summed E-state index contributed by atoms with van der Waals surface area (Å²) in [4.78, 5) is 18.8. The Labute approximate surface area is 169 Å². The molecule has 0 N–H and O–H groups in total. The number of hydrogen-bond acceptors (Lipinski definition) is 4. The van der Waals surface area contributed by atoms with Gasteiger partial charge in [0.2, 0.25) is 0 Å². The molecule has 1 aliphatic rings. The van der Waals surface area contributed by atoms with Crippen molar-refractivity contribution in [3.8, 4) is 0 Å². The zero-order chi connectivity index (χ0) is 19.6. The van der Waals surface area contributed by atoms with Crippen LogP contribution < -0.4 is 0 Å². The summed E-state index contributed by atoms with van der Waals surface area (Å²) in [5.74, 6) is 0.142. The fourth-order valence-corrected chi connectivity index (χ4v) is 4.65. The maximum Gasteiger partial charge on any atom is 0.272 e. The Morgan fingerprint density at radius 3 is 2.52 bits per heavy atom. The van der Waals surface area contributed by atoms with Crippen LogP contribution in [0.1, 0.15) is 35.9 Å². The summed E-state index contributed by atoms with van der Waals surface area (Å²) in [5, 5.41) is 0.464. The fourth-order valence-electron chi connectivity index (χ4n) is 3.00. The number of aromatic nitrogens is 1. The van der Waals surface area contributed by atoms with Crippen molar-refractivity contribution in [1.29, 1.82) is 0 Å². The summed E-state index contributed by atoms with van der Waals surface area (Å²) in [6.07, 6.45) is 1.94. The minimum Gasteiger partial charge on any atom is -0.337 e. The second-order valence-electron chi connectivity index (χ2n) is 6.82. The molecule has 1 saturated heterocycles. The fraction of sp³-hybridized carbons (Fsp3) is 0.368. The Morgan fingerprint density at radius 2 is 1.85 bits per heavy atom. The number of sulfone groups is 1. The van der Waals surface area contributed by atoms with Crippen molar-refractivity contribution in [2.75, 3.05) is 13.1 Å². The van der Waals surface area contributed by atoms with Gasteiger partial charge in [0.15, 0.2) is 9.84 Å². The van der Waals surface area contributed by atoms with Gasteiger partial charge in [-0.15, -0.1) is 0 Å². The first kappa shape index (κ1) is 20.1. The molecule has 0 atom stereocenters. The van der Waals surface area contributed by atoms with Gasteiger partial charge < -0.3 is 4.90 Å². The molecule has 5 nitrogen and oxygen atoms in total. The van der Waals surface area contributed by atoms with Gasteiger partial charge in [0.1, 0.15) is 5.69 Å². The first-order valence-electron chi connectivity index (χ1n) is 8.69. The molecule has 3 rings (SSSR count). The van der Waals surface area contributed by atoms with E-state index in [1.165, 1.54) is 18.2 Å². The molecule has 1 aliphatic heterocycles. The first-order chi connectivity index (χ1) is 12.8. The largest absolute Gasteiger partial charge is 0.337 e. The smallest absolute Gasteiger partial charge is 0.272 e. The van der Waals surface area contributed by atoms with E-state index in [-0.39, 0.29) is 32.3 Å². The van der Waals surface area contributed by atoms with Crippen molar-refractivity contribution in [2.24, 2.45) is 5.92 Å². The number of halogens is 2. The van der Waals surface area contributed by atoms with Gasteiger partial charge in [-0.3, -0.25) is 4.79 Å². The van der Waals surface area contributed by atoms with Crippen molar-refractivity contribution in [3.63, 3.8) is 0 Å². The molecule has 0 radical (unpaired) electrons. The molecule has 8 heteroatoms. The van der Waals surface area contributed by atoms with Gasteiger partial charge in [0, 0.05) is 13.1 Å². The third-order valence-corrected chi connectivity index (χ3v) is 7.07. The van der Waals surface area contributed by atoms with Gasteiger partial charge in [-0.1, -0.05) is 36.2 Å². The van der Waals surface area contributed by atoms with Crippen LogP contribution in [0.3, 0.4) is 0 Å². The number of hydrogen-bond donors (Lipinski definition) is 0. The topological polar surface area (TPSA) is 67.3 Å². The van der Waals surface area contributed by atoms with E-state index in [4.69, 9.17) is 23.2 Å². The molecule has 1 amide bonds. The number of pyridine rings is 1. The van der Waals surface area contributed by atoms with Crippen molar-refractivity contribution >= 4 is 38.9 Å². The summed E-state index contributed by atoms with van der Waals surface area (Å²) in [5.41, 5.74) is 0.587. The van der Waals surface area contributed by atoms with Crippen LogP contribution in [0.5, 0.6) is 0 Å². The van der Waals surface area contributed by atoms with Crippen LogP contribution in [0.15, 0.2) is 41.3 Å². The lowest BCUT2D eigenvalue weighted by Gasteiger charge is -2.30. The molecule has 2 heterocycles. The van der Waals surface area contributed by atoms with Crippen molar-refractivity contribution in [2.45, 2.75) is 30.4 Å². The summed E-state index contributed by atoms with van der Waals surface area (Å²) < 4.78 is 25.3. The van der Waals surface area contributed by atoms with Gasteiger partial charge in [0.25, 0.3) is 5.91 Å². The number of likely N-dealkylation sites (tertiary alicyclic amines) is 1. The zero-order valence-corrected chi connectivity index (χ0v) is 17.2. The second kappa shape index (κ2) is 8.17. The van der Waals surface area contributed by atoms with Crippen LogP contribution in [0.4, 0.5) is 0 Å². The molecule has 144 valence electrons. The number of carbonyl (C=O) groups excluding carboxylic acids is 1. The van der Waals surface area contributed by atoms with Gasteiger partial charge in [0.05, 0.1) is 26.4 Å². The summed E-state index contributed by atoms with van der Waals surface area (Å²) in [6, 6.07) is 9.06. The number of amides is 1. The molecule has 0 bridgehead atoms. The summed E-state index contributed by atoms with van der Waals surface area (Å²) >= 11 is 11.8. The normalized spacial score (nSPS) is 15.7. The molecule has 1 aromatic heterocycles. The highest BCUT2D eigenvalue weighted by atomic mass is 35.5. The highest BCUT2D eigenvalue weighted by molar-refractivity contribution is 7.90. The number of benzene rings is 1. The summed E-state index contributed by atoms with van der Waals surface area (Å²) in [7, 11) is -3.66. The Balaban J connectivity index is 1.79. The highest BCUT2D eigenvalue weighted by Gasteiger charge is 2.23. The minimum absolute atomic E-state index is 0.0699. The van der Waals surface area contributed by atoms with Crippen LogP contribution in [0.25, 0.3) is 0 Å². The standard InChI is InChI=1S/C19H20Cl2N2O3S/c1-13-7-9-23(10-8-13)19(24)18-4-2-3-14(22-18)12-27(25,26)15-5-6-16(20)17(21)11-15/h2-6,11,13H,7-10,12H2,1H3. The monoisotopic (exact) mass is 426 g/mol. The molecule has 27 heavy (non-hydrogen) atoms. The molecule has 1 aromatic carbocycles. The van der Waals surface area contributed by atoms with E-state index >= 15 is 0 Å². The molecular formula is C19H20Cl2N2O3S. The predicted octanol–water partition coefficient (Wildman–Crippen LogP) is 4.23. The predicted molar refractivity (Wildman–Crippen MR) is 106 cm³/mol. The zero-order valence-electron chi connectivity index (χ0n) is 14.9. The Kier molecular flexibility index (Phi) is 6.08. The Hall–Kier alpha value is -1.63. The average Bonchev–Trinajstić information content (AvgIpc) is 2.64. The number of rotatable bonds is 4. The second-order valence-corrected chi connectivity index (χ2v) is 9.63. The van der Waals surface area contributed by atoms with Crippen LogP contribution in [0.2, 0.25) is 10.0 Å². The van der Waals surface area contributed by atoms with Gasteiger partial charge in [-0.2, -0.15) is 0 Å². The minimum atomic E-state index is -3.66. The maximum absolute atomic E-state index is 12.7. The van der Waals surface area contributed by atoms with Crippen molar-refractivity contribution < 1.29 is 13.2 Å². The molecule has 0 saturated carbocycles. The lowest BCUT2D eigenvalue weighted by Crippen LogP contribution is -2.38. The molecule has 0 aliphatic carbocycles. The number of carbonyl (C=O) groups is 1. The van der Waals surface area contributed by atoms with Crippen LogP contribution >= 0.6 is 23.2 Å². The quantitative estimate of drug-likeness (QED) is 0.732. The van der Waals surface area contributed by atoms with Gasteiger partial charge in [-0.05, 0) is 49.1 Å². The number of piperidine rings is 1. The van der Waals surface area contributed by atoms with E-state index in [0.717, 1.165) is 12.8 Å². The third-order valence-electron chi connectivity index (χ3n) is 4.68. The molecule has 2 aromatic rings. The molecule has 0 spiro atoms.